The Morgan fingerprint density at radius 2 is 1.95 bits per heavy atom. The summed E-state index contributed by atoms with van der Waals surface area (Å²) in [6, 6.07) is 0. The summed E-state index contributed by atoms with van der Waals surface area (Å²) in [6.45, 7) is 7.48. The second kappa shape index (κ2) is 3.83. The van der Waals surface area contributed by atoms with Gasteiger partial charge in [-0.25, -0.2) is 4.79 Å². The van der Waals surface area contributed by atoms with Gasteiger partial charge >= 0.3 is 5.97 Å². The number of ether oxygens (including phenoxy) is 1. The van der Waals surface area contributed by atoms with Crippen molar-refractivity contribution in [2.24, 2.45) is 17.8 Å². The van der Waals surface area contributed by atoms with E-state index >= 15 is 0 Å². The molecule has 0 aromatic rings. The zero-order chi connectivity index (χ0) is 14.0. The van der Waals surface area contributed by atoms with Gasteiger partial charge in [0.2, 0.25) is 0 Å². The summed E-state index contributed by atoms with van der Waals surface area (Å²) in [6.07, 6.45) is 2.38. The first-order chi connectivity index (χ1) is 8.72. The Morgan fingerprint density at radius 1 is 1.26 bits per heavy atom. The summed E-state index contributed by atoms with van der Waals surface area (Å²) >= 11 is 0. The van der Waals surface area contributed by atoms with Gasteiger partial charge in [0.15, 0.2) is 0 Å². The highest BCUT2D eigenvalue weighted by atomic mass is 16.6. The molecule has 1 saturated heterocycles. The summed E-state index contributed by atoms with van der Waals surface area (Å²) in [5.74, 6) is -0.330. The van der Waals surface area contributed by atoms with Gasteiger partial charge in [-0.05, 0) is 44.9 Å². The first-order valence-corrected chi connectivity index (χ1v) is 7.07. The molecular formula is C15H22O4. The summed E-state index contributed by atoms with van der Waals surface area (Å²) < 4.78 is 5.35. The van der Waals surface area contributed by atoms with Crippen LogP contribution in [-0.2, 0) is 9.53 Å². The van der Waals surface area contributed by atoms with E-state index in [1.165, 1.54) is 0 Å². The van der Waals surface area contributed by atoms with E-state index in [-0.39, 0.29) is 29.8 Å². The molecule has 0 spiro atoms. The lowest BCUT2D eigenvalue weighted by Gasteiger charge is -2.35. The smallest absolute Gasteiger partial charge is 0.334 e. The highest BCUT2D eigenvalue weighted by Gasteiger charge is 2.57. The van der Waals surface area contributed by atoms with Gasteiger partial charge in [0.05, 0.1) is 11.2 Å². The average Bonchev–Trinajstić information content (AvgIpc) is 2.66. The maximum absolute atomic E-state index is 11.7. The van der Waals surface area contributed by atoms with Crippen LogP contribution in [0.15, 0.2) is 12.2 Å². The van der Waals surface area contributed by atoms with Gasteiger partial charge in [-0.3, -0.25) is 0 Å². The fraction of sp³-hybridized carbons (Fsp3) is 0.800. The van der Waals surface area contributed by atoms with E-state index in [1.54, 1.807) is 0 Å². The molecule has 1 heterocycles. The van der Waals surface area contributed by atoms with Crippen molar-refractivity contribution in [3.05, 3.63) is 12.2 Å². The zero-order valence-electron chi connectivity index (χ0n) is 11.6. The Morgan fingerprint density at radius 3 is 2.63 bits per heavy atom. The normalized spacial score (nSPS) is 53.5. The van der Waals surface area contributed by atoms with Crippen molar-refractivity contribution in [1.29, 1.82) is 0 Å². The topological polar surface area (TPSA) is 66.8 Å². The van der Waals surface area contributed by atoms with Crippen LogP contribution in [0.5, 0.6) is 0 Å². The van der Waals surface area contributed by atoms with Crippen LogP contribution in [0.2, 0.25) is 0 Å². The molecule has 0 aromatic heterocycles. The number of hydrogen-bond donors (Lipinski definition) is 2. The Balaban J connectivity index is 1.98. The molecule has 2 N–H and O–H groups in total. The fourth-order valence-corrected chi connectivity index (χ4v) is 4.41. The third-order valence-corrected chi connectivity index (χ3v) is 5.58. The molecule has 3 fully saturated rings. The standard InChI is InChI=1S/C15H22O4/c1-8-9-6-11-10(4-5-14(11,2)17)15(3,18)7-12(9)19-13(8)16/h9-12,17-18H,1,4-7H2,2-3H3/t9-,10-,11-,12+,14-,15+/m1/s1. The lowest BCUT2D eigenvalue weighted by Crippen LogP contribution is -2.41. The SMILES string of the molecule is C=C1C(=O)O[C@H]2C[C@](C)(O)[C@@H]3CC[C@@](C)(O)[C@@H]3C[C@H]12. The van der Waals surface area contributed by atoms with Crippen LogP contribution in [0.3, 0.4) is 0 Å². The van der Waals surface area contributed by atoms with Gasteiger partial charge in [-0.1, -0.05) is 6.58 Å². The Bertz CT molecular complexity index is 437. The minimum atomic E-state index is -0.893. The molecule has 2 aliphatic carbocycles. The van der Waals surface area contributed by atoms with Gasteiger partial charge in [0.1, 0.15) is 6.10 Å². The van der Waals surface area contributed by atoms with E-state index in [0.717, 1.165) is 6.42 Å². The molecule has 0 radical (unpaired) electrons. The lowest BCUT2D eigenvalue weighted by atomic mass is 9.76. The van der Waals surface area contributed by atoms with Crippen molar-refractivity contribution >= 4 is 5.97 Å². The fourth-order valence-electron chi connectivity index (χ4n) is 4.41. The quantitative estimate of drug-likeness (QED) is 0.514. The number of carbonyl (C=O) groups is 1. The van der Waals surface area contributed by atoms with Crippen LogP contribution in [0.1, 0.15) is 39.5 Å². The van der Waals surface area contributed by atoms with Crippen LogP contribution < -0.4 is 0 Å². The van der Waals surface area contributed by atoms with E-state index in [4.69, 9.17) is 4.74 Å². The van der Waals surface area contributed by atoms with E-state index in [2.05, 4.69) is 6.58 Å². The van der Waals surface area contributed by atoms with Crippen LogP contribution in [-0.4, -0.2) is 33.5 Å². The van der Waals surface area contributed by atoms with Crippen molar-refractivity contribution in [3.63, 3.8) is 0 Å². The minimum Gasteiger partial charge on any atom is -0.458 e. The predicted molar refractivity (Wildman–Crippen MR) is 69.2 cm³/mol. The Hall–Kier alpha value is -0.870. The highest BCUT2D eigenvalue weighted by molar-refractivity contribution is 5.90. The molecule has 0 aromatic carbocycles. The van der Waals surface area contributed by atoms with E-state index in [1.807, 2.05) is 13.8 Å². The highest BCUT2D eigenvalue weighted by Crippen LogP contribution is 2.54. The number of aliphatic hydroxyl groups is 2. The summed E-state index contributed by atoms with van der Waals surface area (Å²) in [7, 11) is 0. The molecule has 0 bridgehead atoms. The lowest BCUT2D eigenvalue weighted by molar-refractivity contribution is -0.142. The Kier molecular flexibility index (Phi) is 2.64. The van der Waals surface area contributed by atoms with Crippen LogP contribution >= 0.6 is 0 Å². The molecule has 4 heteroatoms. The van der Waals surface area contributed by atoms with Crippen molar-refractivity contribution in [1.82, 2.24) is 0 Å². The molecule has 19 heavy (non-hydrogen) atoms. The van der Waals surface area contributed by atoms with E-state index < -0.39 is 11.2 Å². The van der Waals surface area contributed by atoms with Gasteiger partial charge in [-0.2, -0.15) is 0 Å². The van der Waals surface area contributed by atoms with E-state index in [9.17, 15) is 15.0 Å². The Labute approximate surface area is 113 Å². The third kappa shape index (κ3) is 1.84. The maximum Gasteiger partial charge on any atom is 0.334 e. The zero-order valence-corrected chi connectivity index (χ0v) is 11.6. The van der Waals surface area contributed by atoms with Gasteiger partial charge in [0, 0.05) is 17.9 Å². The number of fused-ring (bicyclic) bond motifs is 2. The van der Waals surface area contributed by atoms with Crippen LogP contribution in [0, 0.1) is 17.8 Å². The van der Waals surface area contributed by atoms with Crippen molar-refractivity contribution in [2.45, 2.75) is 56.8 Å². The van der Waals surface area contributed by atoms with Crippen molar-refractivity contribution in [3.8, 4) is 0 Å². The monoisotopic (exact) mass is 266 g/mol. The summed E-state index contributed by atoms with van der Waals surface area (Å²) in [4.78, 5) is 11.7. The molecule has 0 amide bonds. The van der Waals surface area contributed by atoms with Crippen molar-refractivity contribution in [2.75, 3.05) is 0 Å². The molecule has 1 aliphatic heterocycles. The number of hydrogen-bond acceptors (Lipinski definition) is 4. The van der Waals surface area contributed by atoms with Crippen LogP contribution in [0.25, 0.3) is 0 Å². The first kappa shape index (κ1) is 13.1. The molecule has 106 valence electrons. The van der Waals surface area contributed by atoms with Crippen LogP contribution in [0.4, 0.5) is 0 Å². The average molecular weight is 266 g/mol. The molecule has 6 atom stereocenters. The number of rotatable bonds is 0. The van der Waals surface area contributed by atoms with Gasteiger partial charge < -0.3 is 14.9 Å². The molecular weight excluding hydrogens is 244 g/mol. The molecule has 0 unspecified atom stereocenters. The third-order valence-electron chi connectivity index (χ3n) is 5.58. The largest absolute Gasteiger partial charge is 0.458 e. The van der Waals surface area contributed by atoms with Crippen molar-refractivity contribution < 1.29 is 19.7 Å². The summed E-state index contributed by atoms with van der Waals surface area (Å²) in [5, 5.41) is 21.3. The maximum atomic E-state index is 11.7. The second-order valence-corrected chi connectivity index (χ2v) is 6.98. The minimum absolute atomic E-state index is 0.00347. The van der Waals surface area contributed by atoms with Gasteiger partial charge in [0.25, 0.3) is 0 Å². The number of carbonyl (C=O) groups excluding carboxylic acids is 1. The molecule has 3 rings (SSSR count). The van der Waals surface area contributed by atoms with E-state index in [0.29, 0.717) is 24.8 Å². The number of esters is 1. The molecule has 3 aliphatic rings. The van der Waals surface area contributed by atoms with Gasteiger partial charge in [-0.15, -0.1) is 0 Å². The predicted octanol–water partition coefficient (Wildman–Crippen LogP) is 1.41. The molecule has 4 nitrogen and oxygen atoms in total. The first-order valence-electron chi connectivity index (χ1n) is 7.07. The molecule has 2 saturated carbocycles. The summed E-state index contributed by atoms with van der Waals surface area (Å²) in [5.41, 5.74) is -1.16. The second-order valence-electron chi connectivity index (χ2n) is 6.98.